The molecule has 1 aromatic rings. The number of nitrogens with one attached hydrogen (secondary N) is 1. The number of ether oxygens (including phenoxy) is 1. The number of benzene rings is 1. The van der Waals surface area contributed by atoms with Gasteiger partial charge in [0, 0.05) is 0 Å². The first-order valence-corrected chi connectivity index (χ1v) is 9.15. The van der Waals surface area contributed by atoms with Gasteiger partial charge in [-0.15, -0.1) is 0 Å². The quantitative estimate of drug-likeness (QED) is 0.639. The molecule has 2 heterocycles. The summed E-state index contributed by atoms with van der Waals surface area (Å²) in [6.07, 6.45) is 0.386. The summed E-state index contributed by atoms with van der Waals surface area (Å²) in [5.41, 5.74) is 3.16. The van der Waals surface area contributed by atoms with Crippen molar-refractivity contribution in [3.8, 4) is 0 Å². The van der Waals surface area contributed by atoms with E-state index in [2.05, 4.69) is 10.2 Å². The number of aliphatic hydroxyl groups is 1. The summed E-state index contributed by atoms with van der Waals surface area (Å²) in [5.74, 6) is 0. The number of aliphatic hydroxyl groups excluding tert-OH is 1. The third kappa shape index (κ3) is 3.34. The normalized spacial score (nSPS) is 23.2. The van der Waals surface area contributed by atoms with Gasteiger partial charge in [0.15, 0.2) is 0 Å². The fourth-order valence-electron chi connectivity index (χ4n) is 3.12. The zero-order valence-electron chi connectivity index (χ0n) is 13.3. The van der Waals surface area contributed by atoms with Gasteiger partial charge in [0.05, 0.1) is 0 Å². The number of anilines is 2. The Hall–Kier alpha value is -1.23. The zero-order valence-corrected chi connectivity index (χ0v) is 16.2. The average molecular weight is 487 g/mol. The number of cyclic esters (lactones) is 1. The molecule has 23 heavy (non-hydrogen) atoms. The number of likely N-dealkylation sites (N-methyl/N-ethyl adjacent to an activating group) is 1. The Morgan fingerprint density at radius 3 is 3.00 bits per heavy atom. The number of nitrogens with zero attached hydrogens (tertiary/aromatic N) is 2. The summed E-state index contributed by atoms with van der Waals surface area (Å²) in [6.45, 7) is 3.37. The maximum atomic E-state index is 12.1. The number of amides is 1. The van der Waals surface area contributed by atoms with Gasteiger partial charge in [-0.3, -0.25) is 0 Å². The van der Waals surface area contributed by atoms with E-state index in [1.165, 1.54) is 28.9 Å². The molecule has 2 aliphatic heterocycles. The minimum atomic E-state index is -0.289. The van der Waals surface area contributed by atoms with Crippen molar-refractivity contribution in [1.29, 1.82) is 0 Å². The van der Waals surface area contributed by atoms with E-state index in [-0.39, 0.29) is 24.8 Å². The predicted octanol–water partition coefficient (Wildman–Crippen LogP) is 0.651. The maximum absolute atomic E-state index is 12.1. The van der Waals surface area contributed by atoms with Crippen LogP contribution in [0.4, 0.5) is 16.2 Å². The molecular formula is C16H21N3O3W. The molecule has 0 aromatic heterocycles. The van der Waals surface area contributed by atoms with E-state index in [4.69, 9.17) is 4.74 Å². The molecule has 2 N–H and O–H groups in total. The van der Waals surface area contributed by atoms with Crippen molar-refractivity contribution in [2.45, 2.75) is 25.5 Å². The van der Waals surface area contributed by atoms with Crippen molar-refractivity contribution < 1.29 is 34.0 Å². The van der Waals surface area contributed by atoms with E-state index in [0.29, 0.717) is 13.1 Å². The van der Waals surface area contributed by atoms with Gasteiger partial charge in [-0.1, -0.05) is 0 Å². The van der Waals surface area contributed by atoms with Gasteiger partial charge in [-0.05, 0) is 0 Å². The molecule has 2 atom stereocenters. The van der Waals surface area contributed by atoms with E-state index in [9.17, 15) is 9.90 Å². The second-order valence-corrected chi connectivity index (χ2v) is 8.22. The molecule has 2 unspecified atom stereocenters. The second-order valence-electron chi connectivity index (χ2n) is 6.02. The van der Waals surface area contributed by atoms with Crippen molar-refractivity contribution >= 4 is 21.5 Å². The molecule has 1 aromatic carbocycles. The molecule has 0 aliphatic carbocycles. The Labute approximate surface area is 146 Å². The molecule has 0 spiro atoms. The summed E-state index contributed by atoms with van der Waals surface area (Å²) in [7, 11) is 1.99. The van der Waals surface area contributed by atoms with Gasteiger partial charge < -0.3 is 5.11 Å². The number of hydrogen-bond acceptors (Lipinski definition) is 5. The fourth-order valence-corrected chi connectivity index (χ4v) is 3.42. The number of carbonyl (C=O) groups is 1. The first-order chi connectivity index (χ1) is 11.0. The molecule has 0 radical (unpaired) electrons. The minimum absolute atomic E-state index is 0.119. The Morgan fingerprint density at radius 2 is 2.30 bits per heavy atom. The summed E-state index contributed by atoms with van der Waals surface area (Å²) in [6, 6.07) is 6.13. The van der Waals surface area contributed by atoms with E-state index < -0.39 is 0 Å². The van der Waals surface area contributed by atoms with Crippen LogP contribution in [0.2, 0.25) is 0 Å². The molecule has 0 saturated carbocycles. The molecule has 0 bridgehead atoms. The van der Waals surface area contributed by atoms with Crippen LogP contribution in [0.5, 0.6) is 0 Å². The third-order valence-corrected chi connectivity index (χ3v) is 4.94. The van der Waals surface area contributed by atoms with Gasteiger partial charge in [0.2, 0.25) is 0 Å². The van der Waals surface area contributed by atoms with Gasteiger partial charge in [-0.25, -0.2) is 0 Å². The van der Waals surface area contributed by atoms with Crippen LogP contribution in [0.15, 0.2) is 18.2 Å². The number of fused-ring (bicyclic) bond motifs is 1. The van der Waals surface area contributed by atoms with Gasteiger partial charge in [-0.2, -0.15) is 0 Å². The topological polar surface area (TPSA) is 65.0 Å². The Kier molecular flexibility index (Phi) is 4.85. The van der Waals surface area contributed by atoms with Crippen LogP contribution in [0, 0.1) is 0 Å². The van der Waals surface area contributed by atoms with Crippen molar-refractivity contribution in [3.05, 3.63) is 23.8 Å². The summed E-state index contributed by atoms with van der Waals surface area (Å²) in [5, 5.41) is 12.7. The SMILES string of the molecule is C[C](=[W])NCC1CN(c2ccc3c(c2)CC(CO)N3C)C(=O)O1. The summed E-state index contributed by atoms with van der Waals surface area (Å²) >= 11 is 1.39. The number of hydrogen-bond donors (Lipinski definition) is 2. The Bertz CT molecular complexity index is 637. The van der Waals surface area contributed by atoms with E-state index in [0.717, 1.165) is 17.8 Å². The molecule has 1 saturated heterocycles. The van der Waals surface area contributed by atoms with Crippen molar-refractivity contribution in [1.82, 2.24) is 5.32 Å². The molecule has 7 heteroatoms. The van der Waals surface area contributed by atoms with Crippen molar-refractivity contribution in [2.75, 3.05) is 36.5 Å². The fraction of sp³-hybridized carbons (Fsp3) is 0.500. The van der Waals surface area contributed by atoms with Gasteiger partial charge in [0.1, 0.15) is 0 Å². The van der Waals surface area contributed by atoms with Gasteiger partial charge in [0.25, 0.3) is 0 Å². The molecule has 6 nitrogen and oxygen atoms in total. The first-order valence-electron chi connectivity index (χ1n) is 7.68. The van der Waals surface area contributed by atoms with Crippen LogP contribution < -0.4 is 15.1 Å². The molecule has 1 amide bonds. The van der Waals surface area contributed by atoms with E-state index in [1.54, 1.807) is 4.90 Å². The van der Waals surface area contributed by atoms with Crippen molar-refractivity contribution in [2.24, 2.45) is 0 Å². The van der Waals surface area contributed by atoms with Gasteiger partial charge >= 0.3 is 141 Å². The molecule has 3 rings (SSSR count). The van der Waals surface area contributed by atoms with E-state index in [1.807, 2.05) is 32.2 Å². The monoisotopic (exact) mass is 487 g/mol. The van der Waals surface area contributed by atoms with Crippen LogP contribution in [-0.2, 0) is 30.5 Å². The number of carbonyl (C=O) groups excluding carboxylic acids is 1. The molecule has 2 aliphatic rings. The van der Waals surface area contributed by atoms with Crippen LogP contribution in [0.1, 0.15) is 12.5 Å². The first kappa shape index (κ1) is 16.6. The standard InChI is InChI=1S/C16H21N3O3.W/c1-3-17-8-14-9-19(16(21)22-14)12-4-5-15-11(6-12)7-13(10-20)18(15)2;/h4-6,13-14,17,20H,7-10H2,1-2H3;. The van der Waals surface area contributed by atoms with Crippen LogP contribution in [0.25, 0.3) is 0 Å². The third-order valence-electron chi connectivity index (χ3n) is 4.42. The average Bonchev–Trinajstić information content (AvgIpc) is 3.05. The molecular weight excluding hydrogens is 466 g/mol. The van der Waals surface area contributed by atoms with Crippen LogP contribution in [-0.4, -0.2) is 54.1 Å². The molecule has 1 fully saturated rings. The summed E-state index contributed by atoms with van der Waals surface area (Å²) < 4.78 is 6.62. The molecule has 124 valence electrons. The zero-order chi connectivity index (χ0) is 16.6. The van der Waals surface area contributed by atoms with Crippen molar-refractivity contribution in [3.63, 3.8) is 0 Å². The predicted molar refractivity (Wildman–Crippen MR) is 85.7 cm³/mol. The summed E-state index contributed by atoms with van der Waals surface area (Å²) in [4.78, 5) is 15.9. The van der Waals surface area contributed by atoms with E-state index >= 15 is 0 Å². The Balaban J connectivity index is 1.73. The number of rotatable bonds is 5. The van der Waals surface area contributed by atoms with Crippen LogP contribution in [0.3, 0.4) is 0 Å². The Morgan fingerprint density at radius 1 is 1.52 bits per heavy atom. The van der Waals surface area contributed by atoms with Crippen LogP contribution >= 0.6 is 0 Å². The second kappa shape index (κ2) is 6.71.